The van der Waals surface area contributed by atoms with Crippen LogP contribution in [0.4, 0.5) is 0 Å². The number of hydrogen-bond acceptors (Lipinski definition) is 4. The summed E-state index contributed by atoms with van der Waals surface area (Å²) in [5.41, 5.74) is -0.612. The van der Waals surface area contributed by atoms with Crippen molar-refractivity contribution >= 4 is 23.6 Å². The first-order valence-electron chi connectivity index (χ1n) is 5.76. The molecule has 4 amide bonds. The first kappa shape index (κ1) is 9.32. The minimum Gasteiger partial charge on any atom is -0.296 e. The highest BCUT2D eigenvalue weighted by Crippen LogP contribution is 2.85. The van der Waals surface area contributed by atoms with E-state index in [1.54, 1.807) is 6.92 Å². The number of carbonyl (C=O) groups excluding carboxylic acids is 4. The van der Waals surface area contributed by atoms with Crippen LogP contribution in [0.25, 0.3) is 0 Å². The van der Waals surface area contributed by atoms with E-state index in [1.807, 2.05) is 0 Å². The molecule has 4 aliphatic rings. The van der Waals surface area contributed by atoms with Gasteiger partial charge in [0, 0.05) is 12.0 Å². The number of fused-ring (bicyclic) bond motifs is 6. The predicted molar refractivity (Wildman–Crippen MR) is 51.9 cm³/mol. The molecule has 88 valence electrons. The molecule has 0 bridgehead atoms. The minimum absolute atomic E-state index is 0.197. The SMILES string of the molecule is CCN1C(=O)C2C(C1=O)C21C2C(=O)NC(=O)C21. The number of nitrogens with zero attached hydrogens (tertiary/aromatic N) is 1. The fourth-order valence-electron chi connectivity index (χ4n) is 4.13. The standard InChI is InChI=1S/C11H10N2O4/c1-2-13-9(16)5-6(10(13)17)11(5)3-4(11)8(15)12-7(3)14/h3-6H,2H2,1H3,(H,12,14,15). The highest BCUT2D eigenvalue weighted by molar-refractivity contribution is 6.19. The third-order valence-corrected chi connectivity index (χ3v) is 4.79. The Morgan fingerprint density at radius 2 is 1.47 bits per heavy atom. The molecule has 2 saturated carbocycles. The lowest BCUT2D eigenvalue weighted by Gasteiger charge is -2.16. The van der Waals surface area contributed by atoms with Gasteiger partial charge in [-0.3, -0.25) is 29.4 Å². The van der Waals surface area contributed by atoms with Crippen molar-refractivity contribution in [3.63, 3.8) is 0 Å². The quantitative estimate of drug-likeness (QED) is 0.560. The summed E-state index contributed by atoms with van der Waals surface area (Å²) in [6.07, 6.45) is 0. The van der Waals surface area contributed by atoms with E-state index < -0.39 is 29.1 Å². The average Bonchev–Trinajstić information content (AvgIpc) is 3.06. The molecular formula is C11H10N2O4. The molecule has 2 heterocycles. The van der Waals surface area contributed by atoms with Crippen LogP contribution in [0.5, 0.6) is 0 Å². The van der Waals surface area contributed by atoms with Crippen molar-refractivity contribution in [2.24, 2.45) is 29.1 Å². The van der Waals surface area contributed by atoms with E-state index in [2.05, 4.69) is 5.32 Å². The normalized spacial score (nSPS) is 49.6. The number of imide groups is 2. The Labute approximate surface area is 96.3 Å². The summed E-state index contributed by atoms with van der Waals surface area (Å²) < 4.78 is 0. The lowest BCUT2D eigenvalue weighted by molar-refractivity contribution is -0.142. The number of likely N-dealkylation sites (tertiary alicyclic amines) is 1. The van der Waals surface area contributed by atoms with Crippen LogP contribution >= 0.6 is 0 Å². The van der Waals surface area contributed by atoms with Crippen molar-refractivity contribution < 1.29 is 19.2 Å². The van der Waals surface area contributed by atoms with Crippen molar-refractivity contribution in [3.8, 4) is 0 Å². The molecule has 2 aliphatic heterocycles. The fraction of sp³-hybridized carbons (Fsp3) is 0.636. The Bertz CT molecular complexity index is 482. The van der Waals surface area contributed by atoms with E-state index in [0.29, 0.717) is 6.54 Å². The van der Waals surface area contributed by atoms with E-state index in [-0.39, 0.29) is 23.6 Å². The van der Waals surface area contributed by atoms with E-state index in [0.717, 1.165) is 0 Å². The topological polar surface area (TPSA) is 83.6 Å². The van der Waals surface area contributed by atoms with Gasteiger partial charge in [-0.05, 0) is 6.92 Å². The molecule has 0 aromatic heterocycles. The molecule has 2 aliphatic carbocycles. The summed E-state index contributed by atoms with van der Waals surface area (Å²) in [6.45, 7) is 2.12. The molecule has 1 N–H and O–H groups in total. The molecule has 4 rings (SSSR count). The second-order valence-corrected chi connectivity index (χ2v) is 5.18. The van der Waals surface area contributed by atoms with Crippen molar-refractivity contribution in [3.05, 3.63) is 0 Å². The summed E-state index contributed by atoms with van der Waals surface area (Å²) in [4.78, 5) is 48.2. The third kappa shape index (κ3) is 0.680. The largest absolute Gasteiger partial charge is 0.296 e. The first-order valence-corrected chi connectivity index (χ1v) is 5.76. The third-order valence-electron chi connectivity index (χ3n) is 4.79. The molecule has 0 aromatic carbocycles. The van der Waals surface area contributed by atoms with Crippen LogP contribution in [0.3, 0.4) is 0 Å². The maximum absolute atomic E-state index is 12.0. The molecule has 0 radical (unpaired) electrons. The highest BCUT2D eigenvalue weighted by atomic mass is 16.2. The van der Waals surface area contributed by atoms with Crippen LogP contribution in [0.1, 0.15) is 6.92 Å². The summed E-state index contributed by atoms with van der Waals surface area (Å²) in [6, 6.07) is 0. The zero-order chi connectivity index (χ0) is 12.1. The van der Waals surface area contributed by atoms with Gasteiger partial charge in [0.05, 0.1) is 23.7 Å². The van der Waals surface area contributed by atoms with Crippen LogP contribution in [-0.4, -0.2) is 35.1 Å². The maximum atomic E-state index is 12.0. The molecule has 4 fully saturated rings. The highest BCUT2D eigenvalue weighted by Gasteiger charge is 2.96. The van der Waals surface area contributed by atoms with Gasteiger partial charge in [-0.25, -0.2) is 0 Å². The predicted octanol–water partition coefficient (Wildman–Crippen LogP) is -1.49. The minimum atomic E-state index is -0.612. The molecule has 1 spiro atoms. The Morgan fingerprint density at radius 1 is 1.00 bits per heavy atom. The number of carbonyl (C=O) groups is 4. The van der Waals surface area contributed by atoms with Crippen LogP contribution in [0, 0.1) is 29.1 Å². The Morgan fingerprint density at radius 3 is 1.88 bits per heavy atom. The molecule has 2 saturated heterocycles. The van der Waals surface area contributed by atoms with Crippen molar-refractivity contribution in [2.75, 3.05) is 6.54 Å². The summed E-state index contributed by atoms with van der Waals surface area (Å²) in [5.74, 6) is -2.65. The molecule has 4 atom stereocenters. The van der Waals surface area contributed by atoms with E-state index in [9.17, 15) is 19.2 Å². The van der Waals surface area contributed by atoms with Gasteiger partial charge in [0.25, 0.3) is 0 Å². The zero-order valence-corrected chi connectivity index (χ0v) is 9.10. The molecule has 17 heavy (non-hydrogen) atoms. The van der Waals surface area contributed by atoms with Crippen LogP contribution in [-0.2, 0) is 19.2 Å². The number of amides is 4. The Hall–Kier alpha value is -1.72. The van der Waals surface area contributed by atoms with Gasteiger partial charge in [-0.2, -0.15) is 0 Å². The molecule has 4 unspecified atom stereocenters. The summed E-state index contributed by atoms with van der Waals surface area (Å²) in [5, 5.41) is 2.24. The second kappa shape index (κ2) is 2.27. The Kier molecular flexibility index (Phi) is 1.25. The molecule has 6 heteroatoms. The van der Waals surface area contributed by atoms with Crippen LogP contribution in [0.2, 0.25) is 0 Å². The van der Waals surface area contributed by atoms with Crippen molar-refractivity contribution in [1.29, 1.82) is 0 Å². The maximum Gasteiger partial charge on any atom is 0.233 e. The Balaban J connectivity index is 1.72. The van der Waals surface area contributed by atoms with E-state index >= 15 is 0 Å². The van der Waals surface area contributed by atoms with Gasteiger partial charge in [-0.15, -0.1) is 0 Å². The van der Waals surface area contributed by atoms with Gasteiger partial charge in [0.15, 0.2) is 0 Å². The summed E-state index contributed by atoms with van der Waals surface area (Å²) >= 11 is 0. The van der Waals surface area contributed by atoms with Crippen molar-refractivity contribution in [1.82, 2.24) is 10.2 Å². The van der Waals surface area contributed by atoms with Gasteiger partial charge in [0.2, 0.25) is 23.6 Å². The van der Waals surface area contributed by atoms with Gasteiger partial charge >= 0.3 is 0 Å². The monoisotopic (exact) mass is 234 g/mol. The van der Waals surface area contributed by atoms with Crippen LogP contribution < -0.4 is 5.32 Å². The molecule has 6 nitrogen and oxygen atoms in total. The van der Waals surface area contributed by atoms with E-state index in [4.69, 9.17) is 0 Å². The number of nitrogens with one attached hydrogen (secondary N) is 1. The number of rotatable bonds is 1. The zero-order valence-electron chi connectivity index (χ0n) is 9.10. The number of hydrogen-bond donors (Lipinski definition) is 1. The van der Waals surface area contributed by atoms with Crippen LogP contribution in [0.15, 0.2) is 0 Å². The lowest BCUT2D eigenvalue weighted by Crippen LogP contribution is -2.38. The molecular weight excluding hydrogens is 224 g/mol. The smallest absolute Gasteiger partial charge is 0.233 e. The van der Waals surface area contributed by atoms with E-state index in [1.165, 1.54) is 4.90 Å². The summed E-state index contributed by atoms with van der Waals surface area (Å²) in [7, 11) is 0. The second-order valence-electron chi connectivity index (χ2n) is 5.18. The van der Waals surface area contributed by atoms with Gasteiger partial charge in [0.1, 0.15) is 0 Å². The molecule has 0 aromatic rings. The van der Waals surface area contributed by atoms with Gasteiger partial charge < -0.3 is 0 Å². The fourth-order valence-corrected chi connectivity index (χ4v) is 4.13. The van der Waals surface area contributed by atoms with Crippen molar-refractivity contribution in [2.45, 2.75) is 6.92 Å². The number of piperidine rings is 2. The van der Waals surface area contributed by atoms with Gasteiger partial charge in [-0.1, -0.05) is 0 Å². The lowest BCUT2D eigenvalue weighted by atomic mass is 10.1. The first-order chi connectivity index (χ1) is 8.06. The average molecular weight is 234 g/mol.